The van der Waals surface area contributed by atoms with E-state index in [0.717, 1.165) is 34.8 Å². The maximum Gasteiger partial charge on any atom is 0.328 e. The number of likely N-dealkylation sites (N-methyl/N-ethyl adjacent to an activating group) is 1. The van der Waals surface area contributed by atoms with Gasteiger partial charge >= 0.3 is 12.0 Å². The van der Waals surface area contributed by atoms with Crippen molar-refractivity contribution in [3.63, 3.8) is 0 Å². The molecule has 3 aliphatic heterocycles. The van der Waals surface area contributed by atoms with Crippen LogP contribution in [0.5, 0.6) is 0 Å². The van der Waals surface area contributed by atoms with Gasteiger partial charge in [0.05, 0.1) is 0 Å². The highest BCUT2D eigenvalue weighted by atomic mass is 16.5. The van der Waals surface area contributed by atoms with Gasteiger partial charge in [-0.2, -0.15) is 0 Å². The molecule has 0 radical (unpaired) electrons. The molecule has 0 bridgehead atoms. The second-order valence-electron chi connectivity index (χ2n) is 7.94. The Morgan fingerprint density at radius 3 is 2.48 bits per heavy atom. The number of carbonyl (C=O) groups excluding carboxylic acids is 3. The minimum absolute atomic E-state index is 0.0875. The molecule has 0 aliphatic carbocycles. The number of guanidine groups is 1. The molecule has 1 aromatic carbocycles. The quantitative estimate of drug-likeness (QED) is 0.648. The lowest BCUT2D eigenvalue weighted by Gasteiger charge is -2.40. The summed E-state index contributed by atoms with van der Waals surface area (Å²) in [7, 11) is 1.61. The lowest BCUT2D eigenvalue weighted by Crippen LogP contribution is -2.65. The van der Waals surface area contributed by atoms with Gasteiger partial charge in [0.15, 0.2) is 12.2 Å². The molecular formula is C22H27N5O4. The van der Waals surface area contributed by atoms with Gasteiger partial charge in [0.2, 0.25) is 5.96 Å². The summed E-state index contributed by atoms with van der Waals surface area (Å²) in [5.41, 5.74) is 2.81. The van der Waals surface area contributed by atoms with E-state index >= 15 is 0 Å². The molecule has 31 heavy (non-hydrogen) atoms. The molecule has 2 unspecified atom stereocenters. The number of urea groups is 1. The van der Waals surface area contributed by atoms with Crippen molar-refractivity contribution in [2.75, 3.05) is 20.1 Å². The SMILES string of the molecule is CCCN1C2=NC3C(C(=O)N(CC(=O)OCc4ccccc4)C(=O)N3C)N2C(C)=C1C. The summed E-state index contributed by atoms with van der Waals surface area (Å²) in [6.45, 7) is 6.47. The monoisotopic (exact) mass is 425 g/mol. The predicted molar refractivity (Wildman–Crippen MR) is 113 cm³/mol. The molecule has 1 saturated heterocycles. The first-order valence-corrected chi connectivity index (χ1v) is 10.4. The number of nitrogens with zero attached hydrogens (tertiary/aromatic N) is 5. The third kappa shape index (κ3) is 3.43. The minimum atomic E-state index is -0.684. The summed E-state index contributed by atoms with van der Waals surface area (Å²) < 4.78 is 5.28. The summed E-state index contributed by atoms with van der Waals surface area (Å²) >= 11 is 0. The van der Waals surface area contributed by atoms with Crippen LogP contribution < -0.4 is 0 Å². The molecule has 3 amide bonds. The van der Waals surface area contributed by atoms with Gasteiger partial charge in [0.25, 0.3) is 5.91 Å². The number of esters is 1. The number of fused-ring (bicyclic) bond motifs is 3. The second kappa shape index (κ2) is 8.05. The lowest BCUT2D eigenvalue weighted by atomic mass is 10.1. The number of rotatable bonds is 6. The first-order chi connectivity index (χ1) is 14.8. The van der Waals surface area contributed by atoms with Gasteiger partial charge in [-0.05, 0) is 25.8 Å². The molecule has 0 saturated carbocycles. The van der Waals surface area contributed by atoms with Crippen molar-refractivity contribution in [3.05, 3.63) is 47.3 Å². The Morgan fingerprint density at radius 2 is 1.81 bits per heavy atom. The zero-order valence-corrected chi connectivity index (χ0v) is 18.2. The van der Waals surface area contributed by atoms with Crippen LogP contribution in [0.1, 0.15) is 32.8 Å². The maximum absolute atomic E-state index is 13.3. The molecule has 1 aromatic rings. The average molecular weight is 425 g/mol. The highest BCUT2D eigenvalue weighted by Gasteiger charge is 2.55. The number of hydrogen-bond acceptors (Lipinski definition) is 7. The van der Waals surface area contributed by atoms with Crippen LogP contribution in [0.25, 0.3) is 0 Å². The van der Waals surface area contributed by atoms with Crippen molar-refractivity contribution < 1.29 is 19.1 Å². The molecular weight excluding hydrogens is 398 g/mol. The van der Waals surface area contributed by atoms with Crippen molar-refractivity contribution >= 4 is 23.9 Å². The zero-order valence-electron chi connectivity index (χ0n) is 18.2. The van der Waals surface area contributed by atoms with Gasteiger partial charge in [0, 0.05) is 25.0 Å². The van der Waals surface area contributed by atoms with E-state index in [9.17, 15) is 14.4 Å². The molecule has 0 spiro atoms. The van der Waals surface area contributed by atoms with E-state index in [4.69, 9.17) is 9.73 Å². The molecule has 2 atom stereocenters. The second-order valence-corrected chi connectivity index (χ2v) is 7.94. The molecule has 0 aromatic heterocycles. The van der Waals surface area contributed by atoms with E-state index in [2.05, 4.69) is 11.8 Å². The van der Waals surface area contributed by atoms with Gasteiger partial charge in [-0.3, -0.25) is 19.4 Å². The number of ether oxygens (including phenoxy) is 1. The normalized spacial score (nSPS) is 22.8. The highest BCUT2D eigenvalue weighted by Crippen LogP contribution is 2.37. The van der Waals surface area contributed by atoms with Crippen molar-refractivity contribution in [2.24, 2.45) is 4.99 Å². The fourth-order valence-corrected chi connectivity index (χ4v) is 4.23. The van der Waals surface area contributed by atoms with Crippen LogP contribution in [-0.4, -0.2) is 75.8 Å². The van der Waals surface area contributed by atoms with Gasteiger partial charge in [-0.15, -0.1) is 0 Å². The third-order valence-corrected chi connectivity index (χ3v) is 5.98. The fourth-order valence-electron chi connectivity index (χ4n) is 4.23. The van der Waals surface area contributed by atoms with Crippen LogP contribution in [0.4, 0.5) is 4.79 Å². The molecule has 9 heteroatoms. The third-order valence-electron chi connectivity index (χ3n) is 5.98. The number of hydrogen-bond donors (Lipinski definition) is 0. The number of carbonyl (C=O) groups is 3. The van der Waals surface area contributed by atoms with Gasteiger partial charge in [-0.1, -0.05) is 37.3 Å². The molecule has 0 N–H and O–H groups in total. The van der Waals surface area contributed by atoms with E-state index in [0.29, 0.717) is 5.96 Å². The Morgan fingerprint density at radius 1 is 1.10 bits per heavy atom. The number of allylic oxidation sites excluding steroid dienone is 2. The Balaban J connectivity index is 1.51. The number of benzene rings is 1. The first-order valence-electron chi connectivity index (χ1n) is 10.4. The Kier molecular flexibility index (Phi) is 5.43. The number of imide groups is 1. The summed E-state index contributed by atoms with van der Waals surface area (Å²) in [4.78, 5) is 49.7. The van der Waals surface area contributed by atoms with Crippen LogP contribution in [0.15, 0.2) is 46.7 Å². The Labute approximate surface area is 181 Å². The molecule has 164 valence electrons. The van der Waals surface area contributed by atoms with Gasteiger partial charge in [-0.25, -0.2) is 9.79 Å². The lowest BCUT2D eigenvalue weighted by molar-refractivity contribution is -0.151. The highest BCUT2D eigenvalue weighted by molar-refractivity contribution is 6.06. The maximum atomic E-state index is 13.3. The van der Waals surface area contributed by atoms with E-state index in [1.807, 2.05) is 49.1 Å². The van der Waals surface area contributed by atoms with E-state index in [1.165, 1.54) is 4.90 Å². The van der Waals surface area contributed by atoms with E-state index in [-0.39, 0.29) is 6.61 Å². The molecule has 3 aliphatic rings. The van der Waals surface area contributed by atoms with Crippen molar-refractivity contribution in [1.82, 2.24) is 19.6 Å². The fraction of sp³-hybridized carbons (Fsp3) is 0.455. The standard InChI is InChI=1S/C22H27N5O4/c1-5-11-25-14(2)15(3)27-18-19(23-21(25)27)24(4)22(30)26(20(18)29)12-17(28)31-13-16-9-7-6-8-10-16/h6-10,18-19H,5,11-13H2,1-4H3. The van der Waals surface area contributed by atoms with Crippen LogP contribution in [0.2, 0.25) is 0 Å². The molecule has 9 nitrogen and oxygen atoms in total. The average Bonchev–Trinajstić information content (AvgIpc) is 3.26. The Bertz CT molecular complexity index is 973. The smallest absolute Gasteiger partial charge is 0.328 e. The van der Waals surface area contributed by atoms with Gasteiger partial charge < -0.3 is 14.5 Å². The van der Waals surface area contributed by atoms with Crippen LogP contribution in [0.3, 0.4) is 0 Å². The largest absolute Gasteiger partial charge is 0.459 e. The summed E-state index contributed by atoms with van der Waals surface area (Å²) in [6, 6.07) is 8.02. The summed E-state index contributed by atoms with van der Waals surface area (Å²) in [5.74, 6) is -0.378. The summed E-state index contributed by atoms with van der Waals surface area (Å²) in [5, 5.41) is 0. The molecule has 4 rings (SSSR count). The van der Waals surface area contributed by atoms with Crippen LogP contribution >= 0.6 is 0 Å². The van der Waals surface area contributed by atoms with E-state index in [1.54, 1.807) is 7.05 Å². The minimum Gasteiger partial charge on any atom is -0.459 e. The topological polar surface area (TPSA) is 85.8 Å². The van der Waals surface area contributed by atoms with Crippen molar-refractivity contribution in [1.29, 1.82) is 0 Å². The Hall–Kier alpha value is -3.36. The number of aliphatic imine (C=N–C) groups is 1. The predicted octanol–water partition coefficient (Wildman–Crippen LogP) is 1.97. The van der Waals surface area contributed by atoms with Crippen LogP contribution in [0, 0.1) is 0 Å². The van der Waals surface area contributed by atoms with E-state index < -0.39 is 36.7 Å². The van der Waals surface area contributed by atoms with Gasteiger partial charge in [0.1, 0.15) is 13.2 Å². The number of amides is 3. The molecule has 1 fully saturated rings. The first kappa shape index (κ1) is 20.9. The van der Waals surface area contributed by atoms with Crippen molar-refractivity contribution in [2.45, 2.75) is 46.0 Å². The zero-order chi connectivity index (χ0) is 22.3. The van der Waals surface area contributed by atoms with Crippen molar-refractivity contribution in [3.8, 4) is 0 Å². The molecule has 3 heterocycles. The van der Waals surface area contributed by atoms with Crippen LogP contribution in [-0.2, 0) is 20.9 Å². The summed E-state index contributed by atoms with van der Waals surface area (Å²) in [6.07, 6.45) is 0.309.